The molecule has 0 spiro atoms. The van der Waals surface area contributed by atoms with E-state index >= 15 is 0 Å². The number of ether oxygens (including phenoxy) is 1. The molecule has 8 nitrogen and oxygen atoms in total. The van der Waals surface area contributed by atoms with Gasteiger partial charge in [0.1, 0.15) is 11.7 Å². The molecule has 2 aromatic rings. The van der Waals surface area contributed by atoms with Gasteiger partial charge < -0.3 is 14.2 Å². The maximum atomic E-state index is 12.7. The number of rotatable bonds is 3. The highest BCUT2D eigenvalue weighted by Crippen LogP contribution is 2.33. The maximum absolute atomic E-state index is 12.7. The van der Waals surface area contributed by atoms with Crippen LogP contribution < -0.4 is 0 Å². The van der Waals surface area contributed by atoms with Gasteiger partial charge in [0.15, 0.2) is 5.82 Å². The third-order valence-electron chi connectivity index (χ3n) is 4.62. The Hall–Kier alpha value is -2.35. The van der Waals surface area contributed by atoms with E-state index in [1.165, 1.54) is 12.4 Å². The van der Waals surface area contributed by atoms with Crippen LogP contribution in [-0.2, 0) is 4.74 Å². The van der Waals surface area contributed by atoms with Gasteiger partial charge in [-0.25, -0.2) is 4.98 Å². The van der Waals surface area contributed by atoms with Crippen LogP contribution in [0, 0.1) is 0 Å². The Bertz CT molecular complexity index is 699. The molecular formula is C16H19N5O3. The second-order valence-corrected chi connectivity index (χ2v) is 6.12. The quantitative estimate of drug-likeness (QED) is 0.846. The normalized spacial score (nSPS) is 22.0. The first-order chi connectivity index (χ1) is 11.8. The second-order valence-electron chi connectivity index (χ2n) is 6.12. The summed E-state index contributed by atoms with van der Waals surface area (Å²) in [6.07, 6.45) is 8.11. The Labute approximate surface area is 139 Å². The zero-order valence-electron chi connectivity index (χ0n) is 13.3. The fraction of sp³-hybridized carbons (Fsp3) is 0.562. The van der Waals surface area contributed by atoms with Gasteiger partial charge >= 0.3 is 0 Å². The highest BCUT2D eigenvalue weighted by Gasteiger charge is 2.35. The first kappa shape index (κ1) is 15.2. The molecule has 1 atom stereocenters. The van der Waals surface area contributed by atoms with Gasteiger partial charge in [-0.3, -0.25) is 9.78 Å². The molecule has 24 heavy (non-hydrogen) atoms. The molecule has 0 N–H and O–H groups in total. The number of carbonyl (C=O) groups excluding carboxylic acids is 1. The van der Waals surface area contributed by atoms with Gasteiger partial charge in [-0.1, -0.05) is 5.16 Å². The molecule has 2 aliphatic heterocycles. The van der Waals surface area contributed by atoms with Crippen molar-refractivity contribution in [1.29, 1.82) is 0 Å². The Kier molecular flexibility index (Phi) is 4.20. The zero-order chi connectivity index (χ0) is 16.4. The highest BCUT2D eigenvalue weighted by molar-refractivity contribution is 5.92. The Balaban J connectivity index is 1.52. The van der Waals surface area contributed by atoms with Crippen LogP contribution in [0.1, 0.15) is 59.8 Å². The number of aromatic nitrogens is 4. The van der Waals surface area contributed by atoms with Crippen LogP contribution in [0.2, 0.25) is 0 Å². The molecule has 0 aromatic carbocycles. The fourth-order valence-corrected chi connectivity index (χ4v) is 3.33. The van der Waals surface area contributed by atoms with Gasteiger partial charge in [0.2, 0.25) is 5.89 Å². The molecule has 1 amide bonds. The summed E-state index contributed by atoms with van der Waals surface area (Å²) in [6.45, 7) is 2.12. The van der Waals surface area contributed by atoms with Crippen molar-refractivity contribution in [1.82, 2.24) is 25.0 Å². The Morgan fingerprint density at radius 2 is 2.08 bits per heavy atom. The van der Waals surface area contributed by atoms with E-state index in [0.29, 0.717) is 18.1 Å². The minimum absolute atomic E-state index is 0.142. The number of nitrogens with zero attached hydrogens (tertiary/aromatic N) is 5. The molecule has 4 heterocycles. The lowest BCUT2D eigenvalue weighted by molar-refractivity contribution is 0.0703. The van der Waals surface area contributed by atoms with Crippen LogP contribution in [0.5, 0.6) is 0 Å². The van der Waals surface area contributed by atoms with E-state index in [1.54, 1.807) is 11.1 Å². The van der Waals surface area contributed by atoms with E-state index in [1.807, 2.05) is 0 Å². The van der Waals surface area contributed by atoms with Crippen LogP contribution >= 0.6 is 0 Å². The predicted molar refractivity (Wildman–Crippen MR) is 82.1 cm³/mol. The fourth-order valence-electron chi connectivity index (χ4n) is 3.33. The average Bonchev–Trinajstić information content (AvgIpc) is 3.32. The first-order valence-corrected chi connectivity index (χ1v) is 8.31. The molecule has 0 saturated carbocycles. The Morgan fingerprint density at radius 3 is 2.88 bits per heavy atom. The van der Waals surface area contributed by atoms with Crippen molar-refractivity contribution in [2.45, 2.75) is 37.6 Å². The molecule has 2 saturated heterocycles. The summed E-state index contributed by atoms with van der Waals surface area (Å²) >= 11 is 0. The topological polar surface area (TPSA) is 94.2 Å². The molecule has 2 fully saturated rings. The highest BCUT2D eigenvalue weighted by atomic mass is 16.5. The molecule has 8 heteroatoms. The van der Waals surface area contributed by atoms with Crippen molar-refractivity contribution < 1.29 is 14.1 Å². The smallest absolute Gasteiger partial charge is 0.274 e. The number of amides is 1. The van der Waals surface area contributed by atoms with Crippen molar-refractivity contribution in [3.63, 3.8) is 0 Å². The van der Waals surface area contributed by atoms with Gasteiger partial charge in [-0.2, -0.15) is 4.98 Å². The van der Waals surface area contributed by atoms with E-state index in [9.17, 15) is 4.79 Å². The summed E-state index contributed by atoms with van der Waals surface area (Å²) in [7, 11) is 0. The van der Waals surface area contributed by atoms with Gasteiger partial charge in [0.05, 0.1) is 6.20 Å². The van der Waals surface area contributed by atoms with Crippen molar-refractivity contribution in [2.24, 2.45) is 0 Å². The van der Waals surface area contributed by atoms with E-state index < -0.39 is 0 Å². The zero-order valence-corrected chi connectivity index (χ0v) is 13.3. The number of carbonyl (C=O) groups is 1. The van der Waals surface area contributed by atoms with Crippen LogP contribution in [0.4, 0.5) is 0 Å². The molecule has 4 rings (SSSR count). The molecule has 0 radical (unpaired) electrons. The summed E-state index contributed by atoms with van der Waals surface area (Å²) < 4.78 is 10.9. The molecule has 0 aliphatic carbocycles. The van der Waals surface area contributed by atoms with Crippen molar-refractivity contribution in [2.75, 3.05) is 19.8 Å². The SMILES string of the molecule is O=C(c1cnccn1)N1CCCC1c1nc(C2CCOCC2)no1. The first-order valence-electron chi connectivity index (χ1n) is 8.31. The third kappa shape index (κ3) is 2.89. The third-order valence-corrected chi connectivity index (χ3v) is 4.62. The van der Waals surface area contributed by atoms with Crippen LogP contribution in [0.25, 0.3) is 0 Å². The van der Waals surface area contributed by atoms with E-state index in [0.717, 1.165) is 44.7 Å². The van der Waals surface area contributed by atoms with Gasteiger partial charge in [-0.05, 0) is 25.7 Å². The summed E-state index contributed by atoms with van der Waals surface area (Å²) in [5.41, 5.74) is 0.341. The van der Waals surface area contributed by atoms with E-state index in [2.05, 4.69) is 20.1 Å². The van der Waals surface area contributed by atoms with Gasteiger partial charge in [0.25, 0.3) is 5.91 Å². The summed E-state index contributed by atoms with van der Waals surface area (Å²) in [5.74, 6) is 1.39. The molecule has 1 unspecified atom stereocenters. The number of hydrogen-bond donors (Lipinski definition) is 0. The van der Waals surface area contributed by atoms with Crippen molar-refractivity contribution in [3.05, 3.63) is 36.0 Å². The molecule has 2 aromatic heterocycles. The lowest BCUT2D eigenvalue weighted by Crippen LogP contribution is -2.31. The number of hydrogen-bond acceptors (Lipinski definition) is 7. The lowest BCUT2D eigenvalue weighted by Gasteiger charge is -2.21. The summed E-state index contributed by atoms with van der Waals surface area (Å²) in [6, 6.07) is -0.180. The standard InChI is InChI=1S/C16H19N5O3/c22-16(12-10-17-5-6-18-12)21-7-1-2-13(21)15-19-14(20-24-15)11-3-8-23-9-4-11/h5-6,10-11,13H,1-4,7-9H2. The maximum Gasteiger partial charge on any atom is 0.274 e. The van der Waals surface area contributed by atoms with E-state index in [4.69, 9.17) is 9.26 Å². The minimum Gasteiger partial charge on any atom is -0.381 e. The molecule has 126 valence electrons. The van der Waals surface area contributed by atoms with Crippen molar-refractivity contribution in [3.8, 4) is 0 Å². The van der Waals surface area contributed by atoms with Gasteiger partial charge in [0, 0.05) is 38.1 Å². The second kappa shape index (κ2) is 6.64. The molecule has 0 bridgehead atoms. The monoisotopic (exact) mass is 329 g/mol. The lowest BCUT2D eigenvalue weighted by atomic mass is 10.00. The predicted octanol–water partition coefficient (Wildman–Crippen LogP) is 1.73. The molecular weight excluding hydrogens is 310 g/mol. The van der Waals surface area contributed by atoms with Crippen LogP contribution in [-0.4, -0.2) is 50.7 Å². The van der Waals surface area contributed by atoms with Gasteiger partial charge in [-0.15, -0.1) is 0 Å². The largest absolute Gasteiger partial charge is 0.381 e. The van der Waals surface area contributed by atoms with Crippen LogP contribution in [0.15, 0.2) is 23.1 Å². The minimum atomic E-state index is -0.180. The Morgan fingerprint density at radius 1 is 1.21 bits per heavy atom. The van der Waals surface area contributed by atoms with E-state index in [-0.39, 0.29) is 17.9 Å². The number of likely N-dealkylation sites (tertiary alicyclic amines) is 1. The molecule has 2 aliphatic rings. The van der Waals surface area contributed by atoms with Crippen LogP contribution in [0.3, 0.4) is 0 Å². The summed E-state index contributed by atoms with van der Waals surface area (Å²) in [4.78, 5) is 27.1. The summed E-state index contributed by atoms with van der Waals surface area (Å²) in [5, 5.41) is 4.14. The average molecular weight is 329 g/mol. The van der Waals surface area contributed by atoms with Crippen molar-refractivity contribution >= 4 is 5.91 Å².